The van der Waals surface area contributed by atoms with Crippen molar-refractivity contribution in [3.63, 3.8) is 0 Å². The number of carbonyl (C=O) groups excluding carboxylic acids is 1. The summed E-state index contributed by atoms with van der Waals surface area (Å²) in [6.45, 7) is -0.139. The molecule has 4 N–H and O–H groups in total. The van der Waals surface area contributed by atoms with Crippen LogP contribution in [0.25, 0.3) is 0 Å². The third-order valence-corrected chi connectivity index (χ3v) is 2.17. The van der Waals surface area contributed by atoms with Crippen molar-refractivity contribution < 1.29 is 22.9 Å². The average molecular weight is 278 g/mol. The number of amides is 1. The van der Waals surface area contributed by atoms with Gasteiger partial charge in [0.05, 0.1) is 4.92 Å². The summed E-state index contributed by atoms with van der Waals surface area (Å²) in [5.41, 5.74) is 1.55. The van der Waals surface area contributed by atoms with Crippen LogP contribution in [-0.4, -0.2) is 24.4 Å². The molecule has 0 heterocycles. The van der Waals surface area contributed by atoms with Gasteiger partial charge in [0.25, 0.3) is 0 Å². The number of carbonyl (C=O) groups is 1. The van der Waals surface area contributed by atoms with Crippen molar-refractivity contribution in [3.8, 4) is 0 Å². The molecule has 0 unspecified atom stereocenters. The van der Waals surface area contributed by atoms with Gasteiger partial charge in [0.1, 0.15) is 5.69 Å². The summed E-state index contributed by atoms with van der Waals surface area (Å²) in [5, 5.41) is 15.0. The molecule has 1 aromatic carbocycles. The molecule has 10 heteroatoms. The van der Waals surface area contributed by atoms with Crippen LogP contribution in [0.2, 0.25) is 0 Å². The van der Waals surface area contributed by atoms with Crippen molar-refractivity contribution in [2.75, 3.05) is 24.1 Å². The number of anilines is 2. The maximum atomic E-state index is 13.6. The fraction of sp³-hybridized carbons (Fsp3) is 0.222. The second kappa shape index (κ2) is 5.89. The Balaban J connectivity index is 3.20. The van der Waals surface area contributed by atoms with E-state index in [9.17, 15) is 28.1 Å². The van der Waals surface area contributed by atoms with Crippen molar-refractivity contribution in [2.24, 2.45) is 0 Å². The molecule has 1 amide bonds. The lowest BCUT2D eigenvalue weighted by Crippen LogP contribution is -2.22. The number of hydrogen-bond donors (Lipinski definition) is 3. The van der Waals surface area contributed by atoms with Crippen molar-refractivity contribution in [3.05, 3.63) is 27.6 Å². The zero-order valence-corrected chi connectivity index (χ0v) is 9.37. The lowest BCUT2D eigenvalue weighted by molar-refractivity contribution is -0.387. The summed E-state index contributed by atoms with van der Waals surface area (Å²) in [4.78, 5) is 19.3. The minimum absolute atomic E-state index is 0.000997. The lowest BCUT2D eigenvalue weighted by Gasteiger charge is -2.10. The summed E-state index contributed by atoms with van der Waals surface area (Å²) < 4.78 is 40.0. The van der Waals surface area contributed by atoms with Gasteiger partial charge in [-0.15, -0.1) is 0 Å². The fourth-order valence-electron chi connectivity index (χ4n) is 1.32. The zero-order valence-electron chi connectivity index (χ0n) is 9.37. The number of halogens is 3. The maximum Gasteiger partial charge on any atom is 0.333 e. The second-order valence-corrected chi connectivity index (χ2v) is 3.34. The molecule has 0 saturated carbocycles. The monoisotopic (exact) mass is 278 g/mol. The van der Waals surface area contributed by atoms with E-state index in [4.69, 9.17) is 5.73 Å². The van der Waals surface area contributed by atoms with Crippen molar-refractivity contribution >= 4 is 23.5 Å². The molecule has 0 fully saturated rings. The van der Waals surface area contributed by atoms with Gasteiger partial charge in [0.15, 0.2) is 17.3 Å². The van der Waals surface area contributed by atoms with Gasteiger partial charge in [-0.25, -0.2) is 8.78 Å². The topological polar surface area (TPSA) is 110 Å². The Morgan fingerprint density at radius 1 is 1.21 bits per heavy atom. The molecule has 7 nitrogen and oxygen atoms in total. The van der Waals surface area contributed by atoms with Gasteiger partial charge in [-0.3, -0.25) is 14.9 Å². The molecule has 0 aromatic heterocycles. The standard InChI is InChI=1S/C9H9F3N4O3/c10-4-5(11)9(16(18)19)8(6(12)7(4)13)15-2-1-14-3-17/h3,15H,1-2,13H2,(H,14,17). The molecule has 0 atom stereocenters. The summed E-state index contributed by atoms with van der Waals surface area (Å²) >= 11 is 0. The molecule has 19 heavy (non-hydrogen) atoms. The quantitative estimate of drug-likeness (QED) is 0.178. The summed E-state index contributed by atoms with van der Waals surface area (Å²) in [6, 6.07) is 0. The van der Waals surface area contributed by atoms with Crippen LogP contribution in [0.1, 0.15) is 0 Å². The first kappa shape index (κ1) is 14.5. The first-order chi connectivity index (χ1) is 8.91. The Labute approximate surface area is 104 Å². The number of nitro groups is 1. The highest BCUT2D eigenvalue weighted by Crippen LogP contribution is 2.36. The van der Waals surface area contributed by atoms with E-state index in [2.05, 4.69) is 10.6 Å². The van der Waals surface area contributed by atoms with Crippen LogP contribution in [0.15, 0.2) is 0 Å². The molecule has 0 saturated heterocycles. The highest BCUT2D eigenvalue weighted by molar-refractivity contribution is 5.70. The molecule has 104 valence electrons. The molecule has 1 aromatic rings. The molecule has 0 spiro atoms. The third-order valence-electron chi connectivity index (χ3n) is 2.17. The first-order valence-electron chi connectivity index (χ1n) is 4.93. The van der Waals surface area contributed by atoms with Crippen LogP contribution in [0.5, 0.6) is 0 Å². The lowest BCUT2D eigenvalue weighted by atomic mass is 10.2. The third kappa shape index (κ3) is 2.84. The smallest absolute Gasteiger partial charge is 0.333 e. The summed E-state index contributed by atoms with van der Waals surface area (Å²) in [6.07, 6.45) is 0.353. The van der Waals surface area contributed by atoms with Gasteiger partial charge < -0.3 is 16.4 Å². The number of nitrogens with zero attached hydrogens (tertiary/aromatic N) is 1. The first-order valence-corrected chi connectivity index (χ1v) is 4.93. The van der Waals surface area contributed by atoms with E-state index in [1.54, 1.807) is 0 Å². The Kier molecular flexibility index (Phi) is 4.51. The largest absolute Gasteiger partial charge is 0.394 e. The van der Waals surface area contributed by atoms with E-state index in [0.29, 0.717) is 6.41 Å². The van der Waals surface area contributed by atoms with Crippen LogP contribution in [0, 0.1) is 27.6 Å². The molecule has 0 aliphatic heterocycles. The molecular weight excluding hydrogens is 269 g/mol. The van der Waals surface area contributed by atoms with Gasteiger partial charge in [-0.05, 0) is 0 Å². The highest BCUT2D eigenvalue weighted by Gasteiger charge is 2.31. The van der Waals surface area contributed by atoms with Crippen LogP contribution >= 0.6 is 0 Å². The Bertz CT molecular complexity index is 524. The van der Waals surface area contributed by atoms with Gasteiger partial charge in [0.2, 0.25) is 12.2 Å². The van der Waals surface area contributed by atoms with Crippen LogP contribution in [0.4, 0.5) is 30.2 Å². The van der Waals surface area contributed by atoms with E-state index in [1.807, 2.05) is 0 Å². The average Bonchev–Trinajstić information content (AvgIpc) is 2.37. The van der Waals surface area contributed by atoms with E-state index in [-0.39, 0.29) is 13.1 Å². The van der Waals surface area contributed by atoms with Gasteiger partial charge >= 0.3 is 5.69 Å². The Hall–Kier alpha value is -2.52. The second-order valence-electron chi connectivity index (χ2n) is 3.34. The molecule has 1 rings (SSSR count). The Morgan fingerprint density at radius 3 is 2.37 bits per heavy atom. The number of nitrogens with two attached hydrogens (primary N) is 1. The molecule has 0 aliphatic rings. The predicted molar refractivity (Wildman–Crippen MR) is 59.9 cm³/mol. The normalized spacial score (nSPS) is 10.1. The van der Waals surface area contributed by atoms with Crippen LogP contribution in [0.3, 0.4) is 0 Å². The van der Waals surface area contributed by atoms with E-state index >= 15 is 0 Å². The van der Waals surface area contributed by atoms with Crippen molar-refractivity contribution in [1.82, 2.24) is 5.32 Å². The Morgan fingerprint density at radius 2 is 1.84 bits per heavy atom. The number of nitro benzene ring substituents is 1. The predicted octanol–water partition coefficient (Wildman–Crippen LogP) is 0.752. The maximum absolute atomic E-state index is 13.6. The number of nitrogens with one attached hydrogen (secondary N) is 2. The molecule has 0 aliphatic carbocycles. The minimum Gasteiger partial charge on any atom is -0.394 e. The SMILES string of the molecule is Nc1c(F)c(F)c([N+](=O)[O-])c(NCCNC=O)c1F. The number of nitrogen functional groups attached to an aromatic ring is 1. The van der Waals surface area contributed by atoms with Crippen LogP contribution < -0.4 is 16.4 Å². The van der Waals surface area contributed by atoms with Crippen molar-refractivity contribution in [1.29, 1.82) is 0 Å². The summed E-state index contributed by atoms with van der Waals surface area (Å²) in [7, 11) is 0. The van der Waals surface area contributed by atoms with E-state index < -0.39 is 39.4 Å². The van der Waals surface area contributed by atoms with Gasteiger partial charge in [-0.2, -0.15) is 4.39 Å². The molecule has 0 radical (unpaired) electrons. The zero-order chi connectivity index (χ0) is 14.6. The number of hydrogen-bond acceptors (Lipinski definition) is 5. The molecule has 0 bridgehead atoms. The van der Waals surface area contributed by atoms with Gasteiger partial charge in [-0.1, -0.05) is 0 Å². The van der Waals surface area contributed by atoms with Gasteiger partial charge in [0, 0.05) is 13.1 Å². The number of rotatable bonds is 6. The molecular formula is C9H9F3N4O3. The van der Waals surface area contributed by atoms with Crippen LogP contribution in [-0.2, 0) is 4.79 Å². The summed E-state index contributed by atoms with van der Waals surface area (Å²) in [5.74, 6) is -5.13. The van der Waals surface area contributed by atoms with Crippen molar-refractivity contribution in [2.45, 2.75) is 0 Å². The fourth-order valence-corrected chi connectivity index (χ4v) is 1.32. The van der Waals surface area contributed by atoms with E-state index in [1.165, 1.54) is 0 Å². The number of benzene rings is 1. The minimum atomic E-state index is -1.85. The van der Waals surface area contributed by atoms with E-state index in [0.717, 1.165) is 0 Å². The highest BCUT2D eigenvalue weighted by atomic mass is 19.2.